The first-order valence-electron chi connectivity index (χ1n) is 17.1. The maximum Gasteiger partial charge on any atom is 0.124 e. The van der Waals surface area contributed by atoms with E-state index in [0.29, 0.717) is 108 Å². The quantitative estimate of drug-likeness (QED) is 0.0656. The lowest BCUT2D eigenvalue weighted by Gasteiger charge is -2.16. The number of benzene rings is 2. The van der Waals surface area contributed by atoms with E-state index in [2.05, 4.69) is 48.6 Å². The summed E-state index contributed by atoms with van der Waals surface area (Å²) < 4.78 is 43.1. The Morgan fingerprint density at radius 1 is 0.635 bits per heavy atom. The molecule has 2 N–H and O–H groups in total. The zero-order chi connectivity index (χ0) is 38.1. The van der Waals surface area contributed by atoms with Gasteiger partial charge in [-0.3, -0.25) is 0 Å². The fourth-order valence-corrected chi connectivity index (χ4v) is 4.11. The van der Waals surface area contributed by atoms with Gasteiger partial charge in [0.05, 0.1) is 104 Å². The molecule has 2 aromatic carbocycles. The van der Waals surface area contributed by atoms with Crippen molar-refractivity contribution < 1.29 is 48.1 Å². The summed E-state index contributed by atoms with van der Waals surface area (Å²) in [4.78, 5) is 0. The minimum Gasteiger partial charge on any atom is -0.491 e. The first-order valence-corrected chi connectivity index (χ1v) is 18.3. The molecule has 0 bridgehead atoms. The molecule has 0 aromatic heterocycles. The van der Waals surface area contributed by atoms with Gasteiger partial charge in [0.15, 0.2) is 0 Å². The third-order valence-electron chi connectivity index (χ3n) is 6.58. The van der Waals surface area contributed by atoms with Crippen LogP contribution in [0.1, 0.15) is 63.3 Å². The molecule has 1 atom stereocenters. The van der Waals surface area contributed by atoms with E-state index in [0.717, 1.165) is 15.1 Å². The molecule has 12 nitrogen and oxygen atoms in total. The van der Waals surface area contributed by atoms with Crippen molar-refractivity contribution >= 4 is 22.6 Å². The second-order valence-electron chi connectivity index (χ2n) is 11.5. The molecule has 1 unspecified atom stereocenters. The van der Waals surface area contributed by atoms with Crippen LogP contribution in [0.5, 0.6) is 11.5 Å². The van der Waals surface area contributed by atoms with Gasteiger partial charge in [-0.15, -0.1) is 0 Å². The lowest BCUT2D eigenvalue weighted by atomic mass is 9.89. The maximum atomic E-state index is 9.56. The van der Waals surface area contributed by atoms with E-state index in [1.807, 2.05) is 38.1 Å². The molecular formula is C39H63IN2O10. The molecule has 0 aliphatic rings. The van der Waals surface area contributed by atoms with Crippen LogP contribution in [0.3, 0.4) is 0 Å². The summed E-state index contributed by atoms with van der Waals surface area (Å²) in [5.41, 5.74) is 3.12. The molecule has 0 aliphatic heterocycles. The number of hydrogen-bond acceptors (Lipinski definition) is 12. The predicted octanol–water partition coefficient (Wildman–Crippen LogP) is 6.27. The minimum atomic E-state index is -0.194. The number of nitrogens with zero attached hydrogens (tertiary/aromatic N) is 2. The number of alkyl halides is 1. The van der Waals surface area contributed by atoms with Gasteiger partial charge in [-0.1, -0.05) is 69.8 Å². The van der Waals surface area contributed by atoms with Crippen LogP contribution in [-0.2, 0) is 48.1 Å². The van der Waals surface area contributed by atoms with E-state index in [1.165, 1.54) is 0 Å². The minimum absolute atomic E-state index is 0. The van der Waals surface area contributed by atoms with Crippen LogP contribution >= 0.6 is 22.6 Å². The van der Waals surface area contributed by atoms with Crippen LogP contribution in [0.25, 0.3) is 0 Å². The Bertz CT molecular complexity index is 1220. The van der Waals surface area contributed by atoms with Crippen molar-refractivity contribution in [1.29, 1.82) is 10.5 Å². The summed E-state index contributed by atoms with van der Waals surface area (Å²) in [7, 11) is 3.26. The van der Waals surface area contributed by atoms with Gasteiger partial charge in [0.25, 0.3) is 0 Å². The molecule has 0 spiro atoms. The number of ether oxygens (including phenoxy) is 8. The lowest BCUT2D eigenvalue weighted by Crippen LogP contribution is -2.13. The van der Waals surface area contributed by atoms with Gasteiger partial charge < -0.3 is 48.1 Å². The highest BCUT2D eigenvalue weighted by Crippen LogP contribution is 2.28. The van der Waals surface area contributed by atoms with Gasteiger partial charge in [-0.2, -0.15) is 10.5 Å². The van der Waals surface area contributed by atoms with Crippen molar-refractivity contribution in [1.82, 2.24) is 0 Å². The summed E-state index contributed by atoms with van der Waals surface area (Å²) in [5, 5.41) is 36.9. The van der Waals surface area contributed by atoms with Crippen molar-refractivity contribution in [2.75, 3.05) is 93.5 Å². The number of halogens is 1. The van der Waals surface area contributed by atoms with Gasteiger partial charge in [-0.25, -0.2) is 0 Å². The number of rotatable bonds is 25. The predicted molar refractivity (Wildman–Crippen MR) is 211 cm³/mol. The molecule has 296 valence electrons. The van der Waals surface area contributed by atoms with Crippen LogP contribution in [0.2, 0.25) is 0 Å². The van der Waals surface area contributed by atoms with Crippen LogP contribution in [0, 0.1) is 28.6 Å². The Balaban J connectivity index is 0. The van der Waals surface area contributed by atoms with Crippen molar-refractivity contribution in [2.24, 2.45) is 5.92 Å². The fraction of sp³-hybridized carbons (Fsp3) is 0.641. The highest BCUT2D eigenvalue weighted by atomic mass is 127. The van der Waals surface area contributed by atoms with Gasteiger partial charge in [-0.05, 0) is 41.3 Å². The molecule has 52 heavy (non-hydrogen) atoms. The van der Waals surface area contributed by atoms with E-state index < -0.39 is 0 Å². The first kappa shape index (κ1) is 51.5. The van der Waals surface area contributed by atoms with Crippen LogP contribution in [0.15, 0.2) is 36.4 Å². The Morgan fingerprint density at radius 3 is 1.42 bits per heavy atom. The molecule has 13 heteroatoms. The molecule has 0 fully saturated rings. The van der Waals surface area contributed by atoms with E-state index in [4.69, 9.17) is 43.2 Å². The van der Waals surface area contributed by atoms with Crippen LogP contribution in [0.4, 0.5) is 0 Å². The third-order valence-corrected chi connectivity index (χ3v) is 6.58. The van der Waals surface area contributed by atoms with Crippen LogP contribution in [-0.4, -0.2) is 108 Å². The topological polar surface area (TPSA) is 162 Å². The summed E-state index contributed by atoms with van der Waals surface area (Å²) >= 11 is 2.34. The molecule has 0 saturated carbocycles. The number of methoxy groups -OCH3 is 2. The molecule has 0 amide bonds. The second-order valence-corrected chi connectivity index (χ2v) is 13.9. The third kappa shape index (κ3) is 26.2. The second kappa shape index (κ2) is 35.5. The van der Waals surface area contributed by atoms with Gasteiger partial charge in [0.2, 0.25) is 0 Å². The molecule has 2 aromatic rings. The smallest absolute Gasteiger partial charge is 0.124 e. The molecule has 0 aliphatic carbocycles. The van der Waals surface area contributed by atoms with Gasteiger partial charge in [0.1, 0.15) is 24.7 Å². The fourth-order valence-electron chi connectivity index (χ4n) is 4.11. The summed E-state index contributed by atoms with van der Waals surface area (Å²) in [5.74, 6) is 1.25. The Morgan fingerprint density at radius 2 is 1.04 bits per heavy atom. The van der Waals surface area contributed by atoms with Crippen LogP contribution < -0.4 is 9.47 Å². The summed E-state index contributed by atoms with van der Waals surface area (Å²) in [6.45, 7) is 14.0. The highest BCUT2D eigenvalue weighted by Gasteiger charge is 2.17. The summed E-state index contributed by atoms with van der Waals surface area (Å²) in [6, 6.07) is 15.3. The average molecular weight is 847 g/mol. The zero-order valence-corrected chi connectivity index (χ0v) is 33.4. The summed E-state index contributed by atoms with van der Waals surface area (Å²) in [6.07, 6.45) is 0.319. The average Bonchev–Trinajstić information content (AvgIpc) is 3.11. The lowest BCUT2D eigenvalue weighted by molar-refractivity contribution is 0.0178. The Labute approximate surface area is 326 Å². The first-order chi connectivity index (χ1) is 24.7. The molecular weight excluding hydrogens is 783 g/mol. The van der Waals surface area contributed by atoms with Crippen molar-refractivity contribution in [3.63, 3.8) is 0 Å². The highest BCUT2D eigenvalue weighted by molar-refractivity contribution is 14.1. The number of aliphatic hydroxyl groups excluding tert-OH is 2. The molecule has 0 radical (unpaired) electrons. The zero-order valence-electron chi connectivity index (χ0n) is 31.2. The standard InChI is InChI=1S/C19H29NO5.C16H23NO5.C3H7I.CH4/c1-15(2)18(13-20)16-4-5-19(17(12-16)14-21)25-11-10-24-9-8-23-7-6-22-3;1-19-6-7-20-8-9-21-10-11-22-16-3-2-14(4-5-17)12-15(16)13-18;1-3(2)4;/h4-5,12,15,18,21H,6-11,14H2,1-3H3;2-3,12,18H,4,6-11,13H2,1H3;3H,1-2H3;1H4. The Kier molecular flexibility index (Phi) is 35.1. The van der Waals surface area contributed by atoms with Gasteiger partial charge in [0, 0.05) is 29.3 Å². The number of hydrogen-bond donors (Lipinski definition) is 2. The monoisotopic (exact) mass is 846 g/mol. The number of aliphatic hydroxyl groups is 2. The van der Waals surface area contributed by atoms with E-state index in [1.54, 1.807) is 26.4 Å². The van der Waals surface area contributed by atoms with Crippen molar-refractivity contribution in [3.8, 4) is 23.6 Å². The number of nitriles is 2. The van der Waals surface area contributed by atoms with Gasteiger partial charge >= 0.3 is 0 Å². The normalized spacial score (nSPS) is 10.9. The molecule has 2 rings (SSSR count). The molecule has 0 saturated heterocycles. The van der Waals surface area contributed by atoms with E-state index in [9.17, 15) is 15.5 Å². The SMILES string of the molecule is C.CC(C)I.COCCOCCOCCOc1ccc(C(C#N)C(C)C)cc1CO.COCCOCCOCCOc1ccc(CC#N)cc1CO. The van der Waals surface area contributed by atoms with E-state index in [-0.39, 0.29) is 32.5 Å². The largest absolute Gasteiger partial charge is 0.491 e. The Hall–Kier alpha value is -2.57. The molecule has 0 heterocycles. The van der Waals surface area contributed by atoms with Crippen molar-refractivity contribution in [2.45, 2.75) is 64.6 Å². The van der Waals surface area contributed by atoms with E-state index >= 15 is 0 Å². The maximum absolute atomic E-state index is 9.56. The van der Waals surface area contributed by atoms with Crippen molar-refractivity contribution in [3.05, 3.63) is 58.7 Å².